The van der Waals surface area contributed by atoms with E-state index in [0.717, 1.165) is 17.9 Å². The first-order valence-corrected chi connectivity index (χ1v) is 7.75. The first-order valence-electron chi connectivity index (χ1n) is 7.75. The fourth-order valence-corrected chi connectivity index (χ4v) is 3.50. The summed E-state index contributed by atoms with van der Waals surface area (Å²) in [6, 6.07) is 0.740. The predicted molar refractivity (Wildman–Crippen MR) is 77.9 cm³/mol. The molecule has 2 rings (SSSR count). The van der Waals surface area contributed by atoms with Crippen LogP contribution in [0.5, 0.6) is 0 Å². The molecule has 2 unspecified atom stereocenters. The van der Waals surface area contributed by atoms with Crippen LogP contribution in [0.4, 0.5) is 0 Å². The zero-order valence-corrected chi connectivity index (χ0v) is 12.5. The molecule has 0 radical (unpaired) electrons. The lowest BCUT2D eigenvalue weighted by molar-refractivity contribution is 0.131. The Morgan fingerprint density at radius 3 is 2.50 bits per heavy atom. The molecule has 2 aliphatic heterocycles. The zero-order chi connectivity index (χ0) is 13.0. The van der Waals surface area contributed by atoms with Crippen molar-refractivity contribution in [1.82, 2.24) is 15.1 Å². The van der Waals surface area contributed by atoms with Crippen molar-refractivity contribution in [3.8, 4) is 0 Å². The Bertz CT molecular complexity index is 234. The molecule has 2 atom stereocenters. The zero-order valence-electron chi connectivity index (χ0n) is 12.5. The van der Waals surface area contributed by atoms with Gasteiger partial charge in [-0.3, -0.25) is 0 Å². The van der Waals surface area contributed by atoms with Gasteiger partial charge in [0.1, 0.15) is 0 Å². The average Bonchev–Trinajstić information content (AvgIpc) is 2.34. The van der Waals surface area contributed by atoms with Crippen LogP contribution in [0.3, 0.4) is 0 Å². The second-order valence-corrected chi connectivity index (χ2v) is 6.69. The van der Waals surface area contributed by atoms with Gasteiger partial charge >= 0.3 is 0 Å². The monoisotopic (exact) mass is 253 g/mol. The molecule has 1 N–H and O–H groups in total. The third-order valence-electron chi connectivity index (χ3n) is 4.72. The smallest absolute Gasteiger partial charge is 0.0220 e. The molecule has 0 saturated carbocycles. The summed E-state index contributed by atoms with van der Waals surface area (Å²) in [5, 5.41) is 3.71. The third-order valence-corrected chi connectivity index (χ3v) is 4.72. The summed E-state index contributed by atoms with van der Waals surface area (Å²) in [7, 11) is 4.39. The van der Waals surface area contributed by atoms with Crippen molar-refractivity contribution in [1.29, 1.82) is 0 Å². The van der Waals surface area contributed by atoms with Crippen LogP contribution in [0.25, 0.3) is 0 Å². The average molecular weight is 253 g/mol. The Balaban J connectivity index is 1.69. The highest BCUT2D eigenvalue weighted by molar-refractivity contribution is 4.83. The molecule has 0 aliphatic carbocycles. The molecule has 2 saturated heterocycles. The number of rotatable bonds is 4. The Morgan fingerprint density at radius 2 is 1.89 bits per heavy atom. The van der Waals surface area contributed by atoms with Gasteiger partial charge in [0.15, 0.2) is 0 Å². The van der Waals surface area contributed by atoms with Crippen molar-refractivity contribution in [2.75, 3.05) is 46.8 Å². The molecule has 2 heterocycles. The van der Waals surface area contributed by atoms with Crippen molar-refractivity contribution in [2.45, 2.75) is 38.6 Å². The van der Waals surface area contributed by atoms with Gasteiger partial charge < -0.3 is 15.1 Å². The lowest BCUT2D eigenvalue weighted by Gasteiger charge is -2.38. The second-order valence-electron chi connectivity index (χ2n) is 6.69. The fraction of sp³-hybridized carbons (Fsp3) is 1.00. The summed E-state index contributed by atoms with van der Waals surface area (Å²) in [4.78, 5) is 5.02. The molecule has 3 nitrogen and oxygen atoms in total. The molecule has 0 aromatic rings. The van der Waals surface area contributed by atoms with Crippen molar-refractivity contribution in [3.05, 3.63) is 0 Å². The quantitative estimate of drug-likeness (QED) is 0.822. The number of likely N-dealkylation sites (tertiary alicyclic amines) is 1. The van der Waals surface area contributed by atoms with Crippen LogP contribution in [0.1, 0.15) is 32.6 Å². The number of nitrogens with one attached hydrogen (secondary N) is 1. The molecule has 2 aliphatic rings. The van der Waals surface area contributed by atoms with Crippen molar-refractivity contribution in [3.63, 3.8) is 0 Å². The largest absolute Gasteiger partial charge is 0.312 e. The van der Waals surface area contributed by atoms with Crippen LogP contribution in [0.15, 0.2) is 0 Å². The topological polar surface area (TPSA) is 18.5 Å². The van der Waals surface area contributed by atoms with E-state index < -0.39 is 0 Å². The van der Waals surface area contributed by atoms with E-state index >= 15 is 0 Å². The van der Waals surface area contributed by atoms with Gasteiger partial charge in [-0.1, -0.05) is 6.92 Å². The third kappa shape index (κ3) is 4.22. The molecule has 106 valence electrons. The molecule has 18 heavy (non-hydrogen) atoms. The summed E-state index contributed by atoms with van der Waals surface area (Å²) in [6.07, 6.45) is 5.55. The number of piperidine rings is 2. The lowest BCUT2D eigenvalue weighted by atomic mass is 9.91. The normalized spacial score (nSPS) is 32.0. The van der Waals surface area contributed by atoms with Gasteiger partial charge in [0.2, 0.25) is 0 Å². The van der Waals surface area contributed by atoms with Crippen LogP contribution in [0, 0.1) is 11.8 Å². The number of hydrogen-bond donors (Lipinski definition) is 1. The van der Waals surface area contributed by atoms with Gasteiger partial charge in [-0.2, -0.15) is 0 Å². The molecule has 3 heteroatoms. The Labute approximate surface area is 113 Å². The van der Waals surface area contributed by atoms with Crippen molar-refractivity contribution >= 4 is 0 Å². The van der Waals surface area contributed by atoms with Crippen LogP contribution >= 0.6 is 0 Å². The molecule has 0 bridgehead atoms. The minimum absolute atomic E-state index is 0.740. The fourth-order valence-electron chi connectivity index (χ4n) is 3.50. The second kappa shape index (κ2) is 6.88. The van der Waals surface area contributed by atoms with Crippen LogP contribution in [-0.2, 0) is 0 Å². The van der Waals surface area contributed by atoms with E-state index in [-0.39, 0.29) is 0 Å². The highest BCUT2D eigenvalue weighted by Crippen LogP contribution is 2.21. The van der Waals surface area contributed by atoms with Crippen LogP contribution < -0.4 is 5.32 Å². The van der Waals surface area contributed by atoms with Gasteiger partial charge in [0, 0.05) is 19.1 Å². The summed E-state index contributed by atoms with van der Waals surface area (Å²) in [5.74, 6) is 1.78. The molecular weight excluding hydrogens is 222 g/mol. The summed E-state index contributed by atoms with van der Waals surface area (Å²) < 4.78 is 0. The maximum atomic E-state index is 3.71. The highest BCUT2D eigenvalue weighted by Gasteiger charge is 2.25. The van der Waals surface area contributed by atoms with Gasteiger partial charge in [0.05, 0.1) is 0 Å². The summed E-state index contributed by atoms with van der Waals surface area (Å²) in [6.45, 7) is 8.80. The number of nitrogens with zero attached hydrogens (tertiary/aromatic N) is 2. The van der Waals surface area contributed by atoms with Gasteiger partial charge in [-0.25, -0.2) is 0 Å². The molecule has 0 spiro atoms. The predicted octanol–water partition coefficient (Wildman–Crippen LogP) is 1.65. The van der Waals surface area contributed by atoms with E-state index in [1.165, 1.54) is 58.4 Å². The number of hydrogen-bond acceptors (Lipinski definition) is 3. The maximum absolute atomic E-state index is 3.71. The van der Waals surface area contributed by atoms with Crippen LogP contribution in [0.2, 0.25) is 0 Å². The Hall–Kier alpha value is -0.120. The molecule has 0 aromatic heterocycles. The van der Waals surface area contributed by atoms with Gasteiger partial charge in [0.25, 0.3) is 0 Å². The standard InChI is InChI=1S/C15H31N3/c1-13-5-4-8-16-15(13)12-18-9-6-14(7-10-18)11-17(2)3/h13-16H,4-12H2,1-3H3. The van der Waals surface area contributed by atoms with E-state index in [2.05, 4.69) is 36.1 Å². The van der Waals surface area contributed by atoms with E-state index in [0.29, 0.717) is 0 Å². The molecule has 0 aromatic carbocycles. The van der Waals surface area contributed by atoms with Crippen molar-refractivity contribution < 1.29 is 0 Å². The molecule has 2 fully saturated rings. The van der Waals surface area contributed by atoms with E-state index in [4.69, 9.17) is 0 Å². The van der Waals surface area contributed by atoms with Gasteiger partial charge in [-0.05, 0) is 71.2 Å². The minimum Gasteiger partial charge on any atom is -0.312 e. The first kappa shape index (κ1) is 14.3. The highest BCUT2D eigenvalue weighted by atomic mass is 15.2. The minimum atomic E-state index is 0.740. The molecule has 0 amide bonds. The van der Waals surface area contributed by atoms with Crippen LogP contribution in [-0.4, -0.2) is 62.7 Å². The first-order chi connectivity index (χ1) is 8.65. The Kier molecular flexibility index (Phi) is 5.46. The lowest BCUT2D eigenvalue weighted by Crippen LogP contribution is -2.50. The maximum Gasteiger partial charge on any atom is 0.0220 e. The summed E-state index contributed by atoms with van der Waals surface area (Å²) in [5.41, 5.74) is 0. The SMILES string of the molecule is CC1CCCNC1CN1CCC(CN(C)C)CC1. The molecular formula is C15H31N3. The van der Waals surface area contributed by atoms with Gasteiger partial charge in [-0.15, -0.1) is 0 Å². The van der Waals surface area contributed by atoms with Crippen molar-refractivity contribution in [2.24, 2.45) is 11.8 Å². The van der Waals surface area contributed by atoms with E-state index in [1.54, 1.807) is 0 Å². The Morgan fingerprint density at radius 1 is 1.17 bits per heavy atom. The van der Waals surface area contributed by atoms with E-state index in [9.17, 15) is 0 Å². The van der Waals surface area contributed by atoms with E-state index in [1.807, 2.05) is 0 Å². The summed E-state index contributed by atoms with van der Waals surface area (Å²) >= 11 is 0.